The molecule has 0 spiro atoms. The van der Waals surface area contributed by atoms with Crippen LogP contribution in [0.5, 0.6) is 0 Å². The second-order valence-corrected chi connectivity index (χ2v) is 2.76. The fraction of sp³-hybridized carbons (Fsp3) is 0.222. The van der Waals surface area contributed by atoms with Crippen LogP contribution in [0.1, 0.15) is 6.92 Å². The minimum Gasteiger partial charge on any atom is -0.289 e. The zero-order chi connectivity index (χ0) is 9.19. The normalized spacial score (nSPS) is 27.2. The number of carbonyl (C=O) groups excluding carboxylic acids is 1. The summed E-state index contributed by atoms with van der Waals surface area (Å²) in [6.07, 6.45) is 4.15. The summed E-state index contributed by atoms with van der Waals surface area (Å²) in [5.74, 6) is -0.328. The number of ketones is 1. The SMILES string of the molecule is CC1(C#N)C=CC(=O)C(C#N)=C1. The Labute approximate surface area is 70.2 Å². The summed E-state index contributed by atoms with van der Waals surface area (Å²) >= 11 is 0. The molecular formula is C9H6N2O. The van der Waals surface area contributed by atoms with Crippen LogP contribution in [0.2, 0.25) is 0 Å². The molecule has 3 heteroatoms. The van der Waals surface area contributed by atoms with E-state index >= 15 is 0 Å². The van der Waals surface area contributed by atoms with Gasteiger partial charge in [0.25, 0.3) is 0 Å². The van der Waals surface area contributed by atoms with Crippen molar-refractivity contribution < 1.29 is 4.79 Å². The third-order valence-corrected chi connectivity index (χ3v) is 1.65. The molecule has 1 atom stereocenters. The van der Waals surface area contributed by atoms with E-state index < -0.39 is 5.41 Å². The van der Waals surface area contributed by atoms with Gasteiger partial charge in [0, 0.05) is 0 Å². The molecule has 0 N–H and O–H groups in total. The molecule has 0 aromatic heterocycles. The van der Waals surface area contributed by atoms with Crippen LogP contribution in [0.25, 0.3) is 0 Å². The zero-order valence-electron chi connectivity index (χ0n) is 6.53. The molecule has 58 valence electrons. The first-order valence-corrected chi connectivity index (χ1v) is 3.39. The van der Waals surface area contributed by atoms with E-state index in [1.54, 1.807) is 13.0 Å². The van der Waals surface area contributed by atoms with E-state index in [1.165, 1.54) is 18.2 Å². The number of nitrogens with zero attached hydrogens (tertiary/aromatic N) is 2. The topological polar surface area (TPSA) is 64.7 Å². The Morgan fingerprint density at radius 1 is 1.50 bits per heavy atom. The van der Waals surface area contributed by atoms with Crippen molar-refractivity contribution in [1.82, 2.24) is 0 Å². The van der Waals surface area contributed by atoms with Gasteiger partial charge < -0.3 is 0 Å². The van der Waals surface area contributed by atoms with Crippen molar-refractivity contribution >= 4 is 5.78 Å². The van der Waals surface area contributed by atoms with Gasteiger partial charge in [0.2, 0.25) is 0 Å². The van der Waals surface area contributed by atoms with Crippen LogP contribution in [0.3, 0.4) is 0 Å². The molecule has 12 heavy (non-hydrogen) atoms. The largest absolute Gasteiger partial charge is 0.289 e. The summed E-state index contributed by atoms with van der Waals surface area (Å²) < 4.78 is 0. The smallest absolute Gasteiger partial charge is 0.195 e. The summed E-state index contributed by atoms with van der Waals surface area (Å²) in [5.41, 5.74) is -0.763. The highest BCUT2D eigenvalue weighted by Crippen LogP contribution is 2.25. The van der Waals surface area contributed by atoms with Gasteiger partial charge in [0.05, 0.1) is 17.1 Å². The van der Waals surface area contributed by atoms with E-state index in [4.69, 9.17) is 10.5 Å². The predicted octanol–water partition coefficient (Wildman–Crippen LogP) is 1.11. The lowest BCUT2D eigenvalue weighted by Crippen LogP contribution is -2.14. The first kappa shape index (κ1) is 8.23. The minimum absolute atomic E-state index is 0.0431. The van der Waals surface area contributed by atoms with Crippen LogP contribution in [0.15, 0.2) is 23.8 Å². The molecular weight excluding hydrogens is 152 g/mol. The van der Waals surface area contributed by atoms with Gasteiger partial charge in [-0.05, 0) is 19.1 Å². The Bertz CT molecular complexity index is 365. The van der Waals surface area contributed by atoms with E-state index in [0.29, 0.717) is 0 Å². The van der Waals surface area contributed by atoms with Crippen LogP contribution in [0.4, 0.5) is 0 Å². The molecule has 0 heterocycles. The minimum atomic E-state index is -0.807. The van der Waals surface area contributed by atoms with Gasteiger partial charge >= 0.3 is 0 Å². The molecule has 0 amide bonds. The van der Waals surface area contributed by atoms with Crippen molar-refractivity contribution in [3.63, 3.8) is 0 Å². The predicted molar refractivity (Wildman–Crippen MR) is 41.6 cm³/mol. The van der Waals surface area contributed by atoms with Crippen molar-refractivity contribution in [2.45, 2.75) is 6.92 Å². The van der Waals surface area contributed by atoms with Crippen molar-refractivity contribution in [2.75, 3.05) is 0 Å². The monoisotopic (exact) mass is 158 g/mol. The first-order valence-electron chi connectivity index (χ1n) is 3.39. The van der Waals surface area contributed by atoms with Crippen LogP contribution < -0.4 is 0 Å². The van der Waals surface area contributed by atoms with Crippen molar-refractivity contribution in [1.29, 1.82) is 10.5 Å². The summed E-state index contributed by atoms with van der Waals surface area (Å²) in [4.78, 5) is 10.9. The van der Waals surface area contributed by atoms with Gasteiger partial charge in [-0.2, -0.15) is 10.5 Å². The Hall–Kier alpha value is -1.87. The number of rotatable bonds is 0. The summed E-state index contributed by atoms with van der Waals surface area (Å²) in [6, 6.07) is 3.75. The summed E-state index contributed by atoms with van der Waals surface area (Å²) in [7, 11) is 0. The second kappa shape index (κ2) is 2.64. The highest BCUT2D eigenvalue weighted by atomic mass is 16.1. The maximum atomic E-state index is 10.9. The molecule has 0 fully saturated rings. The first-order chi connectivity index (χ1) is 5.61. The lowest BCUT2D eigenvalue weighted by molar-refractivity contribution is -0.111. The number of allylic oxidation sites excluding steroid dienone is 4. The molecule has 0 radical (unpaired) electrons. The summed E-state index contributed by atoms with van der Waals surface area (Å²) in [6.45, 7) is 1.65. The van der Waals surface area contributed by atoms with E-state index in [0.717, 1.165) is 0 Å². The molecule has 1 unspecified atom stereocenters. The van der Waals surface area contributed by atoms with Gasteiger partial charge in [0.15, 0.2) is 5.78 Å². The van der Waals surface area contributed by atoms with Crippen LogP contribution in [-0.4, -0.2) is 5.78 Å². The van der Waals surface area contributed by atoms with Crippen LogP contribution >= 0.6 is 0 Å². The van der Waals surface area contributed by atoms with Gasteiger partial charge in [-0.15, -0.1) is 0 Å². The Kier molecular flexibility index (Phi) is 1.81. The molecule has 0 bridgehead atoms. The number of hydrogen-bond acceptors (Lipinski definition) is 3. The third-order valence-electron chi connectivity index (χ3n) is 1.65. The van der Waals surface area contributed by atoms with E-state index in [2.05, 4.69) is 0 Å². The lowest BCUT2D eigenvalue weighted by Gasteiger charge is -2.14. The maximum absolute atomic E-state index is 10.9. The van der Waals surface area contributed by atoms with Gasteiger partial charge in [-0.25, -0.2) is 0 Å². The second-order valence-electron chi connectivity index (χ2n) is 2.76. The molecule has 0 saturated heterocycles. The molecule has 0 aromatic carbocycles. The molecule has 0 saturated carbocycles. The third kappa shape index (κ3) is 1.26. The lowest BCUT2D eigenvalue weighted by atomic mass is 9.85. The quantitative estimate of drug-likeness (QED) is 0.530. The molecule has 1 aliphatic rings. The van der Waals surface area contributed by atoms with E-state index in [1.807, 2.05) is 6.07 Å². The average Bonchev–Trinajstić information content (AvgIpc) is 2.10. The Morgan fingerprint density at radius 3 is 2.67 bits per heavy atom. The summed E-state index contributed by atoms with van der Waals surface area (Å²) in [5, 5.41) is 17.2. The van der Waals surface area contributed by atoms with Crippen LogP contribution in [-0.2, 0) is 4.79 Å². The number of hydrogen-bond donors (Lipinski definition) is 0. The average molecular weight is 158 g/mol. The van der Waals surface area contributed by atoms with Crippen molar-refractivity contribution in [2.24, 2.45) is 5.41 Å². The molecule has 1 aliphatic carbocycles. The maximum Gasteiger partial charge on any atom is 0.195 e. The van der Waals surface area contributed by atoms with E-state index in [9.17, 15) is 4.79 Å². The Balaban J connectivity index is 3.14. The fourth-order valence-electron chi connectivity index (χ4n) is 0.915. The Morgan fingerprint density at radius 2 is 2.17 bits per heavy atom. The van der Waals surface area contributed by atoms with Gasteiger partial charge in [0.1, 0.15) is 6.07 Å². The standard InChI is InChI=1S/C9H6N2O/c1-9(6-11)3-2-8(12)7(4-9)5-10/h2-4H,1H3. The molecule has 0 aromatic rings. The molecule has 1 rings (SSSR count). The fourth-order valence-corrected chi connectivity index (χ4v) is 0.915. The van der Waals surface area contributed by atoms with Gasteiger partial charge in [-0.1, -0.05) is 6.08 Å². The number of carbonyl (C=O) groups is 1. The molecule has 3 nitrogen and oxygen atoms in total. The number of nitriles is 2. The van der Waals surface area contributed by atoms with Gasteiger partial charge in [-0.3, -0.25) is 4.79 Å². The van der Waals surface area contributed by atoms with E-state index in [-0.39, 0.29) is 11.4 Å². The van der Waals surface area contributed by atoms with Crippen molar-refractivity contribution in [3.05, 3.63) is 23.8 Å². The molecule has 0 aliphatic heterocycles. The highest BCUT2D eigenvalue weighted by Gasteiger charge is 2.24. The highest BCUT2D eigenvalue weighted by molar-refractivity contribution is 6.08. The van der Waals surface area contributed by atoms with Crippen LogP contribution in [0, 0.1) is 28.1 Å². The van der Waals surface area contributed by atoms with Crippen molar-refractivity contribution in [3.8, 4) is 12.1 Å². The zero-order valence-corrected chi connectivity index (χ0v) is 6.53.